The predicted octanol–water partition coefficient (Wildman–Crippen LogP) is 6.18. The van der Waals surface area contributed by atoms with E-state index in [0.29, 0.717) is 63.4 Å². The summed E-state index contributed by atoms with van der Waals surface area (Å²) in [6.07, 6.45) is 11.2. The van der Waals surface area contributed by atoms with Gasteiger partial charge in [-0.15, -0.1) is 0 Å². The van der Waals surface area contributed by atoms with Crippen LogP contribution in [0.2, 0.25) is 0 Å². The Labute approximate surface area is 387 Å². The van der Waals surface area contributed by atoms with E-state index in [-0.39, 0.29) is 54.8 Å². The maximum absolute atomic E-state index is 14.4. The number of allylic oxidation sites excluding steroid dienone is 6. The number of ether oxygens (including phenoxy) is 5. The zero-order chi connectivity index (χ0) is 48.2. The minimum absolute atomic E-state index is 0.0193. The van der Waals surface area contributed by atoms with E-state index in [9.17, 15) is 39.3 Å². The van der Waals surface area contributed by atoms with Gasteiger partial charge in [0.15, 0.2) is 5.78 Å². The van der Waals surface area contributed by atoms with Gasteiger partial charge in [0.05, 0.1) is 24.4 Å². The topological polar surface area (TPSA) is 195 Å². The minimum atomic E-state index is -2.43. The number of rotatable bonds is 6. The summed E-state index contributed by atoms with van der Waals surface area (Å²) >= 11 is 0. The fourth-order valence-corrected chi connectivity index (χ4v) is 10.1. The quantitative estimate of drug-likeness (QED) is 0.156. The van der Waals surface area contributed by atoms with Gasteiger partial charge in [-0.25, -0.2) is 4.79 Å². The highest BCUT2D eigenvalue weighted by molar-refractivity contribution is 6.39. The molecule has 2 bridgehead atoms. The number of hydrogen-bond acceptors (Lipinski definition) is 13. The number of ketones is 3. The highest BCUT2D eigenvalue weighted by Crippen LogP contribution is 2.38. The van der Waals surface area contributed by atoms with Crippen molar-refractivity contribution in [3.8, 4) is 0 Å². The van der Waals surface area contributed by atoms with Crippen molar-refractivity contribution in [2.75, 3.05) is 27.9 Å². The Morgan fingerprint density at radius 2 is 1.57 bits per heavy atom. The molecule has 65 heavy (non-hydrogen) atoms. The molecule has 3 aliphatic heterocycles. The van der Waals surface area contributed by atoms with Gasteiger partial charge in [0.25, 0.3) is 11.7 Å². The van der Waals surface area contributed by atoms with E-state index < -0.39 is 83.9 Å². The molecule has 0 aromatic heterocycles. The van der Waals surface area contributed by atoms with Crippen LogP contribution in [0.25, 0.3) is 0 Å². The zero-order valence-electron chi connectivity index (χ0n) is 40.6. The molecule has 3 N–H and O–H groups in total. The maximum atomic E-state index is 14.4. The Morgan fingerprint density at radius 1 is 0.846 bits per heavy atom. The van der Waals surface area contributed by atoms with Crippen molar-refractivity contribution in [1.82, 2.24) is 4.90 Å². The summed E-state index contributed by atoms with van der Waals surface area (Å²) in [6.45, 7) is 12.7. The van der Waals surface area contributed by atoms with Crippen molar-refractivity contribution in [3.05, 3.63) is 47.6 Å². The van der Waals surface area contributed by atoms with Gasteiger partial charge in [0, 0.05) is 58.5 Å². The molecule has 3 unspecified atom stereocenters. The number of methoxy groups -OCH3 is 3. The fraction of sp³-hybridized carbons (Fsp3) is 0.745. The second kappa shape index (κ2) is 25.1. The van der Waals surface area contributed by atoms with E-state index in [1.165, 1.54) is 12.0 Å². The number of piperidine rings is 1. The Morgan fingerprint density at radius 3 is 2.25 bits per heavy atom. The first-order chi connectivity index (χ1) is 30.7. The van der Waals surface area contributed by atoms with Gasteiger partial charge >= 0.3 is 5.97 Å². The summed E-state index contributed by atoms with van der Waals surface area (Å²) in [5.41, 5.74) is 1.27. The molecular formula is C51H79NO13. The van der Waals surface area contributed by atoms with Crippen LogP contribution in [0.15, 0.2) is 47.6 Å². The predicted molar refractivity (Wildman–Crippen MR) is 245 cm³/mol. The number of Topliss-reactive ketones (excluding diaryl/α,β-unsaturated/α-hetero) is 3. The van der Waals surface area contributed by atoms with Gasteiger partial charge in [-0.05, 0) is 107 Å². The standard InChI is InChI=1S/C51H79NO13/c1-30-16-12-11-13-17-31(2)42(61-8)28-38-21-19-36(7)51(60,65-38)48(57)49(58)52-23-15-14-18-39(52)50(59)64-43(33(4)26-37-20-22-40(53)44(27-37)62-9)29-41(54)32(3)25-35(6)46(56)47(63-10)45(55)34(5)24-30/h11-13,16-17,25,30,32-34,36-40,42-44,46-47,53,56,60H,14-15,18-24,26-29H2,1-10H3/b13-11?,16-12+,31-17?,35-25+/t30-,32?,33-,34-,36-,37+,38+,39+,40-,42?,43+,44-,46?,47+,51-/m1/s1. The Balaban J connectivity index is 1.70. The number of carbonyl (C=O) groups excluding carboxylic acids is 5. The third-order valence-corrected chi connectivity index (χ3v) is 14.5. The summed E-state index contributed by atoms with van der Waals surface area (Å²) < 4.78 is 29.4. The summed E-state index contributed by atoms with van der Waals surface area (Å²) in [7, 11) is 4.52. The maximum Gasteiger partial charge on any atom is 0.329 e. The SMILES string of the molecule is COC1C[C@@H]2CC[C@@H](C)[C@@](O)(O2)C(=O)C(=O)N2CCCC[C@H]2C(=O)O[C@H]([C@H](C)C[C@@H]2CC[C@@H](O)[C@H](OC)C2)CC(=O)C(C)/C=C(\C)C(O)[C@@H](OC)C(=O)[C@H](C)C[C@H](C)/C=C/C=CC=C1C. The van der Waals surface area contributed by atoms with E-state index >= 15 is 0 Å². The van der Waals surface area contributed by atoms with Gasteiger partial charge in [-0.2, -0.15) is 0 Å². The van der Waals surface area contributed by atoms with Crippen molar-refractivity contribution in [2.45, 2.75) is 180 Å². The molecule has 0 aromatic rings. The first kappa shape index (κ1) is 54.2. The van der Waals surface area contributed by atoms with Crippen LogP contribution in [-0.2, 0) is 47.7 Å². The van der Waals surface area contributed by atoms with E-state index in [0.717, 1.165) is 12.0 Å². The van der Waals surface area contributed by atoms with Crippen LogP contribution < -0.4 is 0 Å². The number of cyclic esters (lactones) is 1. The molecule has 0 radical (unpaired) electrons. The molecule has 3 heterocycles. The first-order valence-corrected chi connectivity index (χ1v) is 23.9. The molecule has 4 aliphatic rings. The molecule has 4 rings (SSSR count). The minimum Gasteiger partial charge on any atom is -0.460 e. The number of nitrogens with zero attached hydrogens (tertiary/aromatic N) is 1. The summed E-state index contributed by atoms with van der Waals surface area (Å²) in [4.78, 5) is 71.8. The van der Waals surface area contributed by atoms with Crippen LogP contribution in [0.3, 0.4) is 0 Å². The van der Waals surface area contributed by atoms with Crippen molar-refractivity contribution in [3.63, 3.8) is 0 Å². The van der Waals surface area contributed by atoms with Gasteiger partial charge in [-0.3, -0.25) is 19.2 Å². The zero-order valence-corrected chi connectivity index (χ0v) is 40.6. The van der Waals surface area contributed by atoms with Gasteiger partial charge in [-0.1, -0.05) is 71.1 Å². The molecule has 0 aromatic carbocycles. The largest absolute Gasteiger partial charge is 0.460 e. The smallest absolute Gasteiger partial charge is 0.329 e. The molecular weight excluding hydrogens is 835 g/mol. The molecule has 366 valence electrons. The normalized spacial score (nSPS) is 39.1. The van der Waals surface area contributed by atoms with E-state index in [2.05, 4.69) is 0 Å². The number of fused-ring (bicyclic) bond motifs is 3. The van der Waals surface area contributed by atoms with Crippen LogP contribution in [0.4, 0.5) is 0 Å². The molecule has 0 spiro atoms. The number of hydrogen-bond donors (Lipinski definition) is 3. The third-order valence-electron chi connectivity index (χ3n) is 14.5. The highest BCUT2D eigenvalue weighted by atomic mass is 16.6. The molecule has 15 atom stereocenters. The third kappa shape index (κ3) is 14.3. The average molecular weight is 914 g/mol. The van der Waals surface area contributed by atoms with Gasteiger partial charge in [0.1, 0.15) is 30.1 Å². The van der Waals surface area contributed by atoms with E-state index in [1.54, 1.807) is 41.1 Å². The highest BCUT2D eigenvalue weighted by Gasteiger charge is 2.53. The first-order valence-electron chi connectivity index (χ1n) is 23.9. The Hall–Kier alpha value is -3.37. The second-order valence-electron chi connectivity index (χ2n) is 19.6. The monoisotopic (exact) mass is 914 g/mol. The molecule has 14 heteroatoms. The number of esters is 1. The fourth-order valence-electron chi connectivity index (χ4n) is 10.1. The van der Waals surface area contributed by atoms with Crippen LogP contribution in [0.1, 0.15) is 126 Å². The number of aliphatic hydroxyl groups excluding tert-OH is 2. The lowest BCUT2D eigenvalue weighted by Gasteiger charge is -2.42. The average Bonchev–Trinajstić information content (AvgIpc) is 3.28. The Bertz CT molecular complexity index is 1760. The van der Waals surface area contributed by atoms with E-state index in [4.69, 9.17) is 23.7 Å². The molecule has 1 amide bonds. The van der Waals surface area contributed by atoms with E-state index in [1.807, 2.05) is 58.1 Å². The summed E-state index contributed by atoms with van der Waals surface area (Å²) in [5, 5.41) is 33.8. The summed E-state index contributed by atoms with van der Waals surface area (Å²) in [6, 6.07) is -1.14. The Kier molecular flexibility index (Phi) is 21.0. The van der Waals surface area contributed by atoms with Gasteiger partial charge < -0.3 is 43.9 Å². The number of aliphatic hydroxyl groups is 3. The molecule has 14 nitrogen and oxygen atoms in total. The van der Waals surface area contributed by atoms with Crippen molar-refractivity contribution >= 4 is 29.2 Å². The lowest BCUT2D eigenvalue weighted by atomic mass is 9.78. The lowest BCUT2D eigenvalue weighted by Crippen LogP contribution is -2.61. The molecule has 3 fully saturated rings. The van der Waals surface area contributed by atoms with Crippen LogP contribution >= 0.6 is 0 Å². The van der Waals surface area contributed by atoms with Gasteiger partial charge in [0.2, 0.25) is 5.79 Å². The van der Waals surface area contributed by atoms with Crippen LogP contribution in [-0.4, -0.2) is 132 Å². The van der Waals surface area contributed by atoms with Crippen molar-refractivity contribution in [2.24, 2.45) is 35.5 Å². The van der Waals surface area contributed by atoms with Crippen molar-refractivity contribution < 1.29 is 63.0 Å². The second-order valence-corrected chi connectivity index (χ2v) is 19.6. The lowest BCUT2D eigenvalue weighted by molar-refractivity contribution is -0.265. The molecule has 2 saturated heterocycles. The van der Waals surface area contributed by atoms with Crippen molar-refractivity contribution in [1.29, 1.82) is 0 Å². The molecule has 1 saturated carbocycles. The number of carbonyl (C=O) groups is 5. The molecule has 1 aliphatic carbocycles. The summed E-state index contributed by atoms with van der Waals surface area (Å²) in [5.74, 6) is -7.96. The number of amides is 1. The van der Waals surface area contributed by atoms with Crippen LogP contribution in [0, 0.1) is 35.5 Å². The van der Waals surface area contributed by atoms with Crippen LogP contribution in [0.5, 0.6) is 0 Å².